The Morgan fingerprint density at radius 2 is 1.97 bits per heavy atom. The van der Waals surface area contributed by atoms with Crippen LogP contribution in [0.25, 0.3) is 0 Å². The van der Waals surface area contributed by atoms with Crippen LogP contribution in [0.4, 0.5) is 5.69 Å². The highest BCUT2D eigenvalue weighted by Crippen LogP contribution is 2.59. The molecule has 2 bridgehead atoms. The number of hydrogen-bond acceptors (Lipinski definition) is 5. The molecule has 0 aliphatic carbocycles. The van der Waals surface area contributed by atoms with E-state index in [9.17, 15) is 24.6 Å². The fraction of sp³-hybridized carbons (Fsp3) is 0.433. The zero-order valence-electron chi connectivity index (χ0n) is 21.7. The summed E-state index contributed by atoms with van der Waals surface area (Å²) in [6, 6.07) is 13.5. The maximum absolute atomic E-state index is 14.6. The molecule has 3 aliphatic rings. The summed E-state index contributed by atoms with van der Waals surface area (Å²) in [5.74, 6) is -3.90. The first-order valence-corrected chi connectivity index (χ1v) is 13.1. The Morgan fingerprint density at radius 3 is 2.63 bits per heavy atom. The molecule has 3 saturated heterocycles. The summed E-state index contributed by atoms with van der Waals surface area (Å²) in [5.41, 5.74) is 2.21. The van der Waals surface area contributed by atoms with Gasteiger partial charge in [-0.25, -0.2) is 0 Å². The van der Waals surface area contributed by atoms with Gasteiger partial charge >= 0.3 is 5.97 Å². The standard InChI is InChI=1S/C30H34N2O6/c1-4-14-31(22-15-18(2)10-11-19(22)3)28(35)26-30-13-12-23(38-30)24(29(36)37)25(30)27(34)32(26)21(17-33)16-20-8-6-5-7-9-20/h4-11,15,21,23-26,33H,1,12-14,16-17H2,2-3H3,(H,36,37)/t21-,23-,24+,25+,26-,30+/m1/s1. The fourth-order valence-corrected chi connectivity index (χ4v) is 6.78. The highest BCUT2D eigenvalue weighted by atomic mass is 16.5. The molecule has 0 aromatic heterocycles. The smallest absolute Gasteiger partial charge is 0.310 e. The number of likely N-dealkylation sites (tertiary alicyclic amines) is 1. The van der Waals surface area contributed by atoms with Crippen LogP contribution in [0.5, 0.6) is 0 Å². The van der Waals surface area contributed by atoms with E-state index >= 15 is 0 Å². The molecule has 1 spiro atoms. The number of carboxylic acids is 1. The lowest BCUT2D eigenvalue weighted by molar-refractivity contribution is -0.151. The number of carboxylic acid groups (broad SMARTS) is 1. The SMILES string of the molecule is C=CCN(C(=O)[C@H]1N([C@@H](CO)Cc2ccccc2)C(=O)[C@@H]2[C@@H](C(=O)O)[C@H]3CC[C@]21O3)c1cc(C)ccc1C. The number of nitrogens with zero attached hydrogens (tertiary/aromatic N) is 2. The number of aliphatic hydroxyl groups is 1. The molecule has 8 heteroatoms. The summed E-state index contributed by atoms with van der Waals surface area (Å²) in [4.78, 5) is 44.1. The van der Waals surface area contributed by atoms with Gasteiger partial charge in [0.15, 0.2) is 0 Å². The second-order valence-corrected chi connectivity index (χ2v) is 10.7. The Morgan fingerprint density at radius 1 is 1.24 bits per heavy atom. The Balaban J connectivity index is 1.63. The number of rotatable bonds is 9. The lowest BCUT2D eigenvalue weighted by atomic mass is 9.70. The van der Waals surface area contributed by atoms with Gasteiger partial charge in [-0.1, -0.05) is 48.5 Å². The van der Waals surface area contributed by atoms with E-state index in [0.29, 0.717) is 24.9 Å². The van der Waals surface area contributed by atoms with Crippen LogP contribution in [0.1, 0.15) is 29.5 Å². The number of aliphatic carboxylic acids is 1. The van der Waals surface area contributed by atoms with E-state index in [1.165, 1.54) is 4.90 Å². The fourth-order valence-electron chi connectivity index (χ4n) is 6.78. The van der Waals surface area contributed by atoms with Crippen molar-refractivity contribution < 1.29 is 29.3 Å². The summed E-state index contributed by atoms with van der Waals surface area (Å²) in [6.07, 6.45) is 2.21. The summed E-state index contributed by atoms with van der Waals surface area (Å²) >= 11 is 0. The number of aliphatic hydroxyl groups excluding tert-OH is 1. The van der Waals surface area contributed by atoms with Crippen LogP contribution < -0.4 is 4.90 Å². The monoisotopic (exact) mass is 518 g/mol. The van der Waals surface area contributed by atoms with Gasteiger partial charge in [0, 0.05) is 12.2 Å². The van der Waals surface area contributed by atoms with Gasteiger partial charge in [-0.15, -0.1) is 6.58 Å². The molecule has 2 aromatic rings. The minimum atomic E-state index is -1.26. The van der Waals surface area contributed by atoms with Gasteiger partial charge in [0.1, 0.15) is 11.6 Å². The molecule has 0 radical (unpaired) electrons. The number of hydrogen-bond donors (Lipinski definition) is 2. The number of anilines is 1. The molecular weight excluding hydrogens is 484 g/mol. The van der Waals surface area contributed by atoms with E-state index in [4.69, 9.17) is 4.74 Å². The second-order valence-electron chi connectivity index (χ2n) is 10.7. The van der Waals surface area contributed by atoms with Crippen LogP contribution in [-0.2, 0) is 25.5 Å². The number of benzene rings is 2. The van der Waals surface area contributed by atoms with Crippen molar-refractivity contribution in [1.29, 1.82) is 0 Å². The largest absolute Gasteiger partial charge is 0.481 e. The van der Waals surface area contributed by atoms with Gasteiger partial charge < -0.3 is 24.7 Å². The summed E-state index contributed by atoms with van der Waals surface area (Å²) in [5, 5.41) is 20.6. The van der Waals surface area contributed by atoms with Crippen LogP contribution in [0.15, 0.2) is 61.2 Å². The molecule has 3 heterocycles. The Bertz CT molecular complexity index is 1260. The number of aryl methyl sites for hydroxylation is 2. The van der Waals surface area contributed by atoms with Crippen molar-refractivity contribution in [3.8, 4) is 0 Å². The molecule has 38 heavy (non-hydrogen) atoms. The van der Waals surface area contributed by atoms with Crippen LogP contribution in [-0.4, -0.2) is 69.8 Å². The highest BCUT2D eigenvalue weighted by molar-refractivity contribution is 6.05. The number of carbonyl (C=O) groups excluding carboxylic acids is 2. The van der Waals surface area contributed by atoms with Crippen LogP contribution >= 0.6 is 0 Å². The first-order valence-electron chi connectivity index (χ1n) is 13.1. The third kappa shape index (κ3) is 4.03. The first-order chi connectivity index (χ1) is 18.2. The summed E-state index contributed by atoms with van der Waals surface area (Å²) in [6.45, 7) is 7.54. The lowest BCUT2D eigenvalue weighted by Gasteiger charge is -2.39. The maximum Gasteiger partial charge on any atom is 0.310 e. The van der Waals surface area contributed by atoms with Gasteiger partial charge in [-0.2, -0.15) is 0 Å². The Hall–Kier alpha value is -3.49. The maximum atomic E-state index is 14.6. The van der Waals surface area contributed by atoms with E-state index in [-0.39, 0.29) is 19.1 Å². The number of amides is 2. The molecule has 8 nitrogen and oxygen atoms in total. The quantitative estimate of drug-likeness (QED) is 0.495. The van der Waals surface area contributed by atoms with Gasteiger partial charge in [0.25, 0.3) is 5.91 Å². The van der Waals surface area contributed by atoms with Crippen LogP contribution in [0.3, 0.4) is 0 Å². The van der Waals surface area contributed by atoms with E-state index in [0.717, 1.165) is 16.7 Å². The van der Waals surface area contributed by atoms with Gasteiger partial charge in [0.2, 0.25) is 5.91 Å². The molecule has 0 saturated carbocycles. The number of carbonyl (C=O) groups is 3. The van der Waals surface area contributed by atoms with E-state index in [1.54, 1.807) is 11.0 Å². The topological polar surface area (TPSA) is 107 Å². The highest BCUT2D eigenvalue weighted by Gasteiger charge is 2.75. The Labute approximate surface area is 222 Å². The zero-order chi connectivity index (χ0) is 27.2. The van der Waals surface area contributed by atoms with E-state index in [2.05, 4.69) is 6.58 Å². The van der Waals surface area contributed by atoms with Crippen LogP contribution in [0, 0.1) is 25.7 Å². The third-order valence-corrected chi connectivity index (χ3v) is 8.41. The average molecular weight is 519 g/mol. The molecule has 200 valence electrons. The zero-order valence-corrected chi connectivity index (χ0v) is 21.7. The van der Waals surface area contributed by atoms with Gasteiger partial charge in [-0.05, 0) is 55.9 Å². The van der Waals surface area contributed by atoms with Gasteiger partial charge in [-0.3, -0.25) is 14.4 Å². The molecule has 3 aliphatic heterocycles. The average Bonchev–Trinajstić information content (AvgIpc) is 3.55. The van der Waals surface area contributed by atoms with Crippen LogP contribution in [0.2, 0.25) is 0 Å². The van der Waals surface area contributed by atoms with Crippen molar-refractivity contribution >= 4 is 23.5 Å². The summed E-state index contributed by atoms with van der Waals surface area (Å²) < 4.78 is 6.36. The number of ether oxygens (including phenoxy) is 1. The summed E-state index contributed by atoms with van der Waals surface area (Å²) in [7, 11) is 0. The Kier molecular flexibility index (Phi) is 6.88. The second kappa shape index (κ2) is 10.0. The molecule has 2 amide bonds. The van der Waals surface area contributed by atoms with Crippen molar-refractivity contribution in [1.82, 2.24) is 4.90 Å². The molecular formula is C30H34N2O6. The van der Waals surface area contributed by atoms with Crippen molar-refractivity contribution in [3.63, 3.8) is 0 Å². The normalized spacial score (nSPS) is 28.3. The molecule has 0 unspecified atom stereocenters. The van der Waals surface area contributed by atoms with Gasteiger partial charge in [0.05, 0.1) is 30.6 Å². The van der Waals surface area contributed by atoms with Crippen molar-refractivity contribution in [2.75, 3.05) is 18.1 Å². The van der Waals surface area contributed by atoms with E-state index in [1.807, 2.05) is 62.4 Å². The molecule has 2 N–H and O–H groups in total. The van der Waals surface area contributed by atoms with Crippen molar-refractivity contribution in [2.24, 2.45) is 11.8 Å². The first kappa shape index (κ1) is 26.1. The predicted octanol–water partition coefficient (Wildman–Crippen LogP) is 2.89. The van der Waals surface area contributed by atoms with Crippen molar-refractivity contribution in [2.45, 2.75) is 56.9 Å². The molecule has 2 aromatic carbocycles. The molecule has 3 fully saturated rings. The lowest BCUT2D eigenvalue weighted by Crippen LogP contribution is -2.59. The molecule has 5 rings (SSSR count). The minimum Gasteiger partial charge on any atom is -0.481 e. The van der Waals surface area contributed by atoms with E-state index < -0.39 is 47.5 Å². The molecule has 6 atom stereocenters. The predicted molar refractivity (Wildman–Crippen MR) is 142 cm³/mol. The van der Waals surface area contributed by atoms with Crippen molar-refractivity contribution in [3.05, 3.63) is 77.9 Å². The minimum absolute atomic E-state index is 0.205. The number of fused-ring (bicyclic) bond motifs is 1. The third-order valence-electron chi connectivity index (χ3n) is 8.41.